The molecule has 0 radical (unpaired) electrons. The summed E-state index contributed by atoms with van der Waals surface area (Å²) in [7, 11) is 1.88. The molecule has 2 N–H and O–H groups in total. The van der Waals surface area contributed by atoms with Crippen LogP contribution in [0.4, 0.5) is 0 Å². The van der Waals surface area contributed by atoms with Crippen LogP contribution in [-0.4, -0.2) is 33.8 Å². The third kappa shape index (κ3) is 2.82. The van der Waals surface area contributed by atoms with E-state index in [-0.39, 0.29) is 17.9 Å². The van der Waals surface area contributed by atoms with Gasteiger partial charge in [0.1, 0.15) is 6.33 Å². The molecule has 1 saturated heterocycles. The molecule has 1 fully saturated rings. The number of hydrogen-bond donors (Lipinski definition) is 2. The molecule has 0 saturated carbocycles. The largest absolute Gasteiger partial charge is 0.346 e. The van der Waals surface area contributed by atoms with Gasteiger partial charge in [-0.05, 0) is 32.9 Å². The zero-order valence-electron chi connectivity index (χ0n) is 10.3. The van der Waals surface area contributed by atoms with Crippen molar-refractivity contribution in [3.8, 4) is 0 Å². The van der Waals surface area contributed by atoms with Gasteiger partial charge in [0.25, 0.3) is 0 Å². The number of nitrogens with one attached hydrogen (secondary N) is 2. The summed E-state index contributed by atoms with van der Waals surface area (Å²) in [4.78, 5) is 12.0. The van der Waals surface area contributed by atoms with E-state index in [1.54, 1.807) is 6.33 Å². The summed E-state index contributed by atoms with van der Waals surface area (Å²) in [5.41, 5.74) is 0. The maximum absolute atomic E-state index is 12.0. The van der Waals surface area contributed by atoms with Crippen LogP contribution in [-0.2, 0) is 11.8 Å². The first-order valence-corrected chi connectivity index (χ1v) is 6.03. The van der Waals surface area contributed by atoms with Gasteiger partial charge in [0.15, 0.2) is 5.82 Å². The Labute approximate surface area is 101 Å². The van der Waals surface area contributed by atoms with E-state index in [2.05, 4.69) is 20.8 Å². The minimum atomic E-state index is -0.0927. The number of carbonyl (C=O) groups excluding carboxylic acids is 1. The van der Waals surface area contributed by atoms with Crippen LogP contribution in [0.25, 0.3) is 0 Å². The van der Waals surface area contributed by atoms with E-state index in [0.29, 0.717) is 0 Å². The lowest BCUT2D eigenvalue weighted by atomic mass is 9.97. The van der Waals surface area contributed by atoms with Crippen LogP contribution >= 0.6 is 0 Å². The summed E-state index contributed by atoms with van der Waals surface area (Å²) in [5, 5.41) is 14.1. The van der Waals surface area contributed by atoms with Gasteiger partial charge in [-0.25, -0.2) is 0 Å². The van der Waals surface area contributed by atoms with E-state index in [1.807, 2.05) is 18.5 Å². The van der Waals surface area contributed by atoms with Crippen LogP contribution in [0.15, 0.2) is 6.33 Å². The van der Waals surface area contributed by atoms with Crippen LogP contribution in [0.3, 0.4) is 0 Å². The molecular formula is C11H19N5O. The van der Waals surface area contributed by atoms with Crippen molar-refractivity contribution in [1.82, 2.24) is 25.4 Å². The molecule has 0 aliphatic carbocycles. The quantitative estimate of drug-likeness (QED) is 0.775. The highest BCUT2D eigenvalue weighted by Crippen LogP contribution is 2.14. The topological polar surface area (TPSA) is 71.8 Å². The first-order valence-electron chi connectivity index (χ1n) is 6.03. The Morgan fingerprint density at radius 1 is 1.59 bits per heavy atom. The highest BCUT2D eigenvalue weighted by molar-refractivity contribution is 5.79. The maximum atomic E-state index is 12.0. The molecule has 2 rings (SSSR count). The van der Waals surface area contributed by atoms with E-state index in [0.717, 1.165) is 31.8 Å². The lowest BCUT2D eigenvalue weighted by Crippen LogP contribution is -2.39. The number of piperidine rings is 1. The zero-order chi connectivity index (χ0) is 12.3. The van der Waals surface area contributed by atoms with E-state index < -0.39 is 0 Å². The molecule has 94 valence electrons. The van der Waals surface area contributed by atoms with Crippen LogP contribution < -0.4 is 10.6 Å². The number of hydrogen-bond acceptors (Lipinski definition) is 4. The van der Waals surface area contributed by atoms with Crippen molar-refractivity contribution in [3.63, 3.8) is 0 Å². The van der Waals surface area contributed by atoms with Crippen LogP contribution in [0.2, 0.25) is 0 Å². The van der Waals surface area contributed by atoms with Crippen LogP contribution in [0.5, 0.6) is 0 Å². The third-order valence-corrected chi connectivity index (χ3v) is 3.20. The van der Waals surface area contributed by atoms with Crippen LogP contribution in [0, 0.1) is 5.92 Å². The Morgan fingerprint density at radius 3 is 2.88 bits per heavy atom. The number of aromatic nitrogens is 3. The second kappa shape index (κ2) is 5.27. The molecule has 1 aromatic heterocycles. The van der Waals surface area contributed by atoms with E-state index in [9.17, 15) is 4.79 Å². The molecular weight excluding hydrogens is 218 g/mol. The molecule has 1 unspecified atom stereocenters. The lowest BCUT2D eigenvalue weighted by Gasteiger charge is -2.23. The Balaban J connectivity index is 1.92. The predicted octanol–water partition coefficient (Wildman–Crippen LogP) is -0.00810. The number of carbonyl (C=O) groups is 1. The van der Waals surface area contributed by atoms with Crippen molar-refractivity contribution in [2.75, 3.05) is 13.1 Å². The minimum Gasteiger partial charge on any atom is -0.346 e. The van der Waals surface area contributed by atoms with Gasteiger partial charge in [0, 0.05) is 13.0 Å². The SMILES string of the molecule is CC(NC(=O)C1CCNCC1)c1nncn1C. The van der Waals surface area contributed by atoms with Crippen molar-refractivity contribution >= 4 is 5.91 Å². The van der Waals surface area contributed by atoms with Gasteiger partial charge in [0.05, 0.1) is 6.04 Å². The van der Waals surface area contributed by atoms with Gasteiger partial charge in [-0.2, -0.15) is 0 Å². The van der Waals surface area contributed by atoms with Gasteiger partial charge in [-0.15, -0.1) is 10.2 Å². The predicted molar refractivity (Wildman–Crippen MR) is 63.2 cm³/mol. The first-order chi connectivity index (χ1) is 8.18. The van der Waals surface area contributed by atoms with Crippen molar-refractivity contribution in [2.45, 2.75) is 25.8 Å². The van der Waals surface area contributed by atoms with E-state index >= 15 is 0 Å². The van der Waals surface area contributed by atoms with Gasteiger partial charge in [0.2, 0.25) is 5.91 Å². The molecule has 0 aromatic carbocycles. The molecule has 1 atom stereocenters. The summed E-state index contributed by atoms with van der Waals surface area (Å²) < 4.78 is 1.83. The summed E-state index contributed by atoms with van der Waals surface area (Å²) in [6, 6.07) is -0.0927. The maximum Gasteiger partial charge on any atom is 0.223 e. The minimum absolute atomic E-state index is 0.0927. The molecule has 17 heavy (non-hydrogen) atoms. The Bertz CT molecular complexity index is 383. The summed E-state index contributed by atoms with van der Waals surface area (Å²) in [5.74, 6) is 1.04. The molecule has 6 heteroatoms. The molecule has 6 nitrogen and oxygen atoms in total. The second-order valence-electron chi connectivity index (χ2n) is 4.55. The smallest absolute Gasteiger partial charge is 0.223 e. The van der Waals surface area contributed by atoms with Crippen molar-refractivity contribution in [1.29, 1.82) is 0 Å². The summed E-state index contributed by atoms with van der Waals surface area (Å²) in [6.45, 7) is 3.79. The van der Waals surface area contributed by atoms with Gasteiger partial charge >= 0.3 is 0 Å². The Hall–Kier alpha value is -1.43. The summed E-state index contributed by atoms with van der Waals surface area (Å²) >= 11 is 0. The lowest BCUT2D eigenvalue weighted by molar-refractivity contribution is -0.126. The van der Waals surface area contributed by atoms with Crippen molar-refractivity contribution in [3.05, 3.63) is 12.2 Å². The molecule has 1 aliphatic heterocycles. The monoisotopic (exact) mass is 237 g/mol. The highest BCUT2D eigenvalue weighted by atomic mass is 16.1. The molecule has 1 aliphatic rings. The number of aryl methyl sites for hydroxylation is 1. The Morgan fingerprint density at radius 2 is 2.29 bits per heavy atom. The highest BCUT2D eigenvalue weighted by Gasteiger charge is 2.23. The molecule has 2 heterocycles. The van der Waals surface area contributed by atoms with Crippen molar-refractivity contribution in [2.24, 2.45) is 13.0 Å². The fourth-order valence-electron chi connectivity index (χ4n) is 2.16. The van der Waals surface area contributed by atoms with E-state index in [4.69, 9.17) is 0 Å². The Kier molecular flexibility index (Phi) is 3.73. The first kappa shape index (κ1) is 12.0. The third-order valence-electron chi connectivity index (χ3n) is 3.20. The standard InChI is InChI=1S/C11H19N5O/c1-8(10-15-13-7-16(10)2)14-11(17)9-3-5-12-6-4-9/h7-9,12H,3-6H2,1-2H3,(H,14,17). The van der Waals surface area contributed by atoms with Crippen molar-refractivity contribution < 1.29 is 4.79 Å². The number of rotatable bonds is 3. The normalized spacial score (nSPS) is 18.9. The second-order valence-corrected chi connectivity index (χ2v) is 4.55. The van der Waals surface area contributed by atoms with Gasteiger partial charge in [-0.3, -0.25) is 4.79 Å². The molecule has 1 aromatic rings. The molecule has 1 amide bonds. The zero-order valence-corrected chi connectivity index (χ0v) is 10.3. The average molecular weight is 237 g/mol. The van der Waals surface area contributed by atoms with Crippen LogP contribution in [0.1, 0.15) is 31.6 Å². The number of amides is 1. The average Bonchev–Trinajstić information content (AvgIpc) is 2.76. The van der Waals surface area contributed by atoms with Gasteiger partial charge < -0.3 is 15.2 Å². The molecule has 0 bridgehead atoms. The van der Waals surface area contributed by atoms with Gasteiger partial charge in [-0.1, -0.05) is 0 Å². The fraction of sp³-hybridized carbons (Fsp3) is 0.727. The fourth-order valence-corrected chi connectivity index (χ4v) is 2.16. The van der Waals surface area contributed by atoms with E-state index in [1.165, 1.54) is 0 Å². The molecule has 0 spiro atoms. The summed E-state index contributed by atoms with van der Waals surface area (Å²) in [6.07, 6.45) is 3.47. The number of nitrogens with zero attached hydrogens (tertiary/aromatic N) is 3.